The summed E-state index contributed by atoms with van der Waals surface area (Å²) in [6.07, 6.45) is 0. The largest absolute Gasteiger partial charge is 0.454 e. The second-order valence-electron chi connectivity index (χ2n) is 7.39. The van der Waals surface area contributed by atoms with Crippen LogP contribution < -0.4 is 14.8 Å². The molecular formula is C21H20N2O3S. The van der Waals surface area contributed by atoms with Crippen LogP contribution >= 0.6 is 11.3 Å². The molecule has 0 saturated heterocycles. The van der Waals surface area contributed by atoms with E-state index < -0.39 is 0 Å². The normalized spacial score (nSPS) is 12.9. The van der Waals surface area contributed by atoms with Gasteiger partial charge in [-0.3, -0.25) is 10.1 Å². The molecule has 0 atom stereocenters. The van der Waals surface area contributed by atoms with Crippen LogP contribution in [0.15, 0.2) is 47.8 Å². The minimum Gasteiger partial charge on any atom is -0.454 e. The number of nitrogens with one attached hydrogen (secondary N) is 1. The van der Waals surface area contributed by atoms with Crippen molar-refractivity contribution in [1.82, 2.24) is 4.98 Å². The first-order chi connectivity index (χ1) is 12.9. The monoisotopic (exact) mass is 380 g/mol. The zero-order valence-electron chi connectivity index (χ0n) is 15.4. The lowest BCUT2D eigenvalue weighted by Gasteiger charge is -2.18. The van der Waals surface area contributed by atoms with Crippen LogP contribution in [0.1, 0.15) is 36.7 Å². The van der Waals surface area contributed by atoms with Crippen LogP contribution in [0.4, 0.5) is 5.13 Å². The van der Waals surface area contributed by atoms with Gasteiger partial charge in [0, 0.05) is 16.5 Å². The zero-order valence-corrected chi connectivity index (χ0v) is 16.2. The number of hydrogen-bond acceptors (Lipinski definition) is 5. The maximum atomic E-state index is 12.5. The SMILES string of the molecule is CC(C)(C)c1ccc(-c2csc(NC(=O)c3ccc4c(c3)OCO4)n2)cc1. The molecule has 1 N–H and O–H groups in total. The number of carbonyl (C=O) groups excluding carboxylic acids is 1. The lowest BCUT2D eigenvalue weighted by atomic mass is 9.86. The first kappa shape index (κ1) is 17.5. The highest BCUT2D eigenvalue weighted by molar-refractivity contribution is 7.14. The maximum absolute atomic E-state index is 12.5. The van der Waals surface area contributed by atoms with E-state index >= 15 is 0 Å². The van der Waals surface area contributed by atoms with E-state index in [0.29, 0.717) is 22.2 Å². The highest BCUT2D eigenvalue weighted by Gasteiger charge is 2.17. The van der Waals surface area contributed by atoms with Crippen molar-refractivity contribution in [2.24, 2.45) is 0 Å². The van der Waals surface area contributed by atoms with Crippen LogP contribution in [0.3, 0.4) is 0 Å². The molecule has 3 aromatic rings. The number of carbonyl (C=O) groups is 1. The van der Waals surface area contributed by atoms with E-state index in [1.807, 2.05) is 5.38 Å². The van der Waals surface area contributed by atoms with Crippen molar-refractivity contribution >= 4 is 22.4 Å². The van der Waals surface area contributed by atoms with Crippen LogP contribution in [0.2, 0.25) is 0 Å². The first-order valence-corrected chi connectivity index (χ1v) is 9.55. The Morgan fingerprint density at radius 1 is 1.07 bits per heavy atom. The van der Waals surface area contributed by atoms with Crippen LogP contribution in [-0.4, -0.2) is 17.7 Å². The molecule has 0 spiro atoms. The Balaban J connectivity index is 1.49. The molecule has 0 radical (unpaired) electrons. The Morgan fingerprint density at radius 2 is 1.81 bits per heavy atom. The van der Waals surface area contributed by atoms with Crippen LogP contribution in [0, 0.1) is 0 Å². The molecule has 1 aromatic heterocycles. The minimum absolute atomic E-state index is 0.115. The molecule has 6 heteroatoms. The highest BCUT2D eigenvalue weighted by Crippen LogP contribution is 2.33. The van der Waals surface area contributed by atoms with Gasteiger partial charge in [0.05, 0.1) is 5.69 Å². The Morgan fingerprint density at radius 3 is 2.56 bits per heavy atom. The molecule has 138 valence electrons. The topological polar surface area (TPSA) is 60.5 Å². The summed E-state index contributed by atoms with van der Waals surface area (Å²) in [5, 5.41) is 5.36. The second-order valence-corrected chi connectivity index (χ2v) is 8.25. The molecule has 2 aromatic carbocycles. The van der Waals surface area contributed by atoms with E-state index in [1.165, 1.54) is 16.9 Å². The average Bonchev–Trinajstić information content (AvgIpc) is 3.29. The minimum atomic E-state index is -0.225. The van der Waals surface area contributed by atoms with Gasteiger partial charge in [-0.25, -0.2) is 4.98 Å². The fourth-order valence-corrected chi connectivity index (χ4v) is 3.53. The van der Waals surface area contributed by atoms with Gasteiger partial charge < -0.3 is 9.47 Å². The number of benzene rings is 2. The number of ether oxygens (including phenoxy) is 2. The van der Waals surface area contributed by atoms with Gasteiger partial charge in [0.15, 0.2) is 16.6 Å². The van der Waals surface area contributed by atoms with Gasteiger partial charge in [0.1, 0.15) is 0 Å². The molecular weight excluding hydrogens is 360 g/mol. The Kier molecular flexibility index (Phi) is 4.36. The van der Waals surface area contributed by atoms with E-state index in [0.717, 1.165) is 11.3 Å². The maximum Gasteiger partial charge on any atom is 0.257 e. The van der Waals surface area contributed by atoms with Gasteiger partial charge in [-0.1, -0.05) is 45.0 Å². The molecule has 2 heterocycles. The van der Waals surface area contributed by atoms with E-state index in [-0.39, 0.29) is 18.1 Å². The fourth-order valence-electron chi connectivity index (χ4n) is 2.81. The molecule has 5 nitrogen and oxygen atoms in total. The number of rotatable bonds is 3. The van der Waals surface area contributed by atoms with Gasteiger partial charge in [-0.15, -0.1) is 11.3 Å². The number of fused-ring (bicyclic) bond motifs is 1. The highest BCUT2D eigenvalue weighted by atomic mass is 32.1. The average molecular weight is 380 g/mol. The molecule has 27 heavy (non-hydrogen) atoms. The quantitative estimate of drug-likeness (QED) is 0.688. The number of amides is 1. The fraction of sp³-hybridized carbons (Fsp3) is 0.238. The molecule has 0 fully saturated rings. The summed E-state index contributed by atoms with van der Waals surface area (Å²) in [5.74, 6) is 1.01. The molecule has 1 aliphatic rings. The van der Waals surface area contributed by atoms with E-state index in [2.05, 4.69) is 55.3 Å². The van der Waals surface area contributed by atoms with E-state index in [1.54, 1.807) is 18.2 Å². The molecule has 0 bridgehead atoms. The molecule has 4 rings (SSSR count). The van der Waals surface area contributed by atoms with Crippen molar-refractivity contribution in [3.63, 3.8) is 0 Å². The third kappa shape index (κ3) is 3.66. The number of aromatic nitrogens is 1. The lowest BCUT2D eigenvalue weighted by molar-refractivity contribution is 0.102. The van der Waals surface area contributed by atoms with Crippen molar-refractivity contribution in [3.05, 3.63) is 59.0 Å². The smallest absolute Gasteiger partial charge is 0.257 e. The number of anilines is 1. The molecule has 1 amide bonds. The van der Waals surface area contributed by atoms with Gasteiger partial charge in [-0.2, -0.15) is 0 Å². The third-order valence-corrected chi connectivity index (χ3v) is 5.16. The van der Waals surface area contributed by atoms with Crippen LogP contribution in [0.25, 0.3) is 11.3 Å². The van der Waals surface area contributed by atoms with Crippen molar-refractivity contribution < 1.29 is 14.3 Å². The summed E-state index contributed by atoms with van der Waals surface area (Å²) in [4.78, 5) is 17.0. The second kappa shape index (κ2) is 6.70. The summed E-state index contributed by atoms with van der Waals surface area (Å²) < 4.78 is 10.6. The number of thiazole rings is 1. The van der Waals surface area contributed by atoms with Crippen LogP contribution in [-0.2, 0) is 5.41 Å². The zero-order chi connectivity index (χ0) is 19.0. The van der Waals surface area contributed by atoms with Gasteiger partial charge in [0.2, 0.25) is 6.79 Å². The number of hydrogen-bond donors (Lipinski definition) is 1. The standard InChI is InChI=1S/C21H20N2O3S/c1-21(2,3)15-7-4-13(5-8-15)16-11-27-20(22-16)23-19(24)14-6-9-17-18(10-14)26-12-25-17/h4-11H,12H2,1-3H3,(H,22,23,24). The predicted molar refractivity (Wildman–Crippen MR) is 107 cm³/mol. The molecule has 1 aliphatic heterocycles. The van der Waals surface area contributed by atoms with Gasteiger partial charge in [-0.05, 0) is 29.2 Å². The first-order valence-electron chi connectivity index (χ1n) is 8.67. The third-order valence-electron chi connectivity index (χ3n) is 4.41. The summed E-state index contributed by atoms with van der Waals surface area (Å²) in [6.45, 7) is 6.75. The van der Waals surface area contributed by atoms with Crippen molar-refractivity contribution in [2.75, 3.05) is 12.1 Å². The Bertz CT molecular complexity index is 987. The molecule has 0 aliphatic carbocycles. The number of nitrogens with zero attached hydrogens (tertiary/aromatic N) is 1. The van der Waals surface area contributed by atoms with Crippen molar-refractivity contribution in [3.8, 4) is 22.8 Å². The lowest BCUT2D eigenvalue weighted by Crippen LogP contribution is -2.11. The van der Waals surface area contributed by atoms with Crippen molar-refractivity contribution in [2.45, 2.75) is 26.2 Å². The van der Waals surface area contributed by atoms with Crippen LogP contribution in [0.5, 0.6) is 11.5 Å². The summed E-state index contributed by atoms with van der Waals surface area (Å²) >= 11 is 1.40. The van der Waals surface area contributed by atoms with Gasteiger partial charge >= 0.3 is 0 Å². The summed E-state index contributed by atoms with van der Waals surface area (Å²) in [7, 11) is 0. The van der Waals surface area contributed by atoms with E-state index in [4.69, 9.17) is 9.47 Å². The van der Waals surface area contributed by atoms with Gasteiger partial charge in [0.25, 0.3) is 5.91 Å². The molecule has 0 saturated carbocycles. The van der Waals surface area contributed by atoms with Crippen molar-refractivity contribution in [1.29, 1.82) is 0 Å². The summed E-state index contributed by atoms with van der Waals surface area (Å²) in [5.41, 5.74) is 3.78. The Hall–Kier alpha value is -2.86. The Labute approximate surface area is 162 Å². The predicted octanol–water partition coefficient (Wildman–Crippen LogP) is 5.09. The molecule has 0 unspecified atom stereocenters. The van der Waals surface area contributed by atoms with E-state index in [9.17, 15) is 4.79 Å². The summed E-state index contributed by atoms with van der Waals surface area (Å²) in [6, 6.07) is 13.5.